The highest BCUT2D eigenvalue weighted by Gasteiger charge is 2.22. The molecule has 1 aliphatic heterocycles. The van der Waals surface area contributed by atoms with E-state index in [9.17, 15) is 0 Å². The predicted molar refractivity (Wildman–Crippen MR) is 110 cm³/mol. The van der Waals surface area contributed by atoms with Crippen LogP contribution >= 0.6 is 11.3 Å². The monoisotopic (exact) mass is 381 g/mol. The number of aliphatic imine (C=N–C) groups is 1. The number of guanidine groups is 1. The molecule has 26 heavy (non-hydrogen) atoms. The van der Waals surface area contributed by atoms with Gasteiger partial charge in [0.1, 0.15) is 0 Å². The lowest BCUT2D eigenvalue weighted by molar-refractivity contribution is 0.0132. The molecule has 0 spiro atoms. The fraction of sp³-hybridized carbons (Fsp3) is 0.789. The van der Waals surface area contributed by atoms with Gasteiger partial charge in [-0.2, -0.15) is 0 Å². The van der Waals surface area contributed by atoms with Crippen LogP contribution < -0.4 is 10.6 Å². The Hall–Kier alpha value is -1.18. The average Bonchev–Trinajstić information content (AvgIpc) is 3.05. The highest BCUT2D eigenvalue weighted by atomic mass is 32.1. The van der Waals surface area contributed by atoms with Gasteiger partial charge in [-0.3, -0.25) is 9.89 Å². The van der Waals surface area contributed by atoms with Crippen molar-refractivity contribution in [3.63, 3.8) is 0 Å². The van der Waals surface area contributed by atoms with Crippen molar-refractivity contribution in [1.82, 2.24) is 20.5 Å². The maximum absolute atomic E-state index is 5.50. The van der Waals surface area contributed by atoms with Gasteiger partial charge in [0.05, 0.1) is 18.2 Å². The lowest BCUT2D eigenvalue weighted by atomic mass is 10.0. The first-order chi connectivity index (χ1) is 12.6. The van der Waals surface area contributed by atoms with Crippen LogP contribution in [0.25, 0.3) is 0 Å². The van der Waals surface area contributed by atoms with Crippen molar-refractivity contribution >= 4 is 17.3 Å². The van der Waals surface area contributed by atoms with Crippen LogP contribution in [-0.2, 0) is 11.2 Å². The second-order valence-electron chi connectivity index (χ2n) is 7.30. The molecule has 2 N–H and O–H groups in total. The van der Waals surface area contributed by atoms with E-state index in [4.69, 9.17) is 4.74 Å². The lowest BCUT2D eigenvalue weighted by Gasteiger charge is -2.35. The molecule has 2 rings (SSSR count). The minimum absolute atomic E-state index is 0.524. The molecule has 0 amide bonds. The summed E-state index contributed by atoms with van der Waals surface area (Å²) in [6.45, 7) is 12.2. The maximum Gasteiger partial charge on any atom is 0.191 e. The summed E-state index contributed by atoms with van der Waals surface area (Å²) in [6.07, 6.45) is 3.27. The summed E-state index contributed by atoms with van der Waals surface area (Å²) in [7, 11) is 1.84. The Bertz CT molecular complexity index is 540. The molecule has 2 heterocycles. The third-order valence-corrected chi connectivity index (χ3v) is 5.59. The third kappa shape index (κ3) is 7.60. The molecule has 1 aromatic rings. The van der Waals surface area contributed by atoms with E-state index in [0.29, 0.717) is 12.0 Å². The molecular weight excluding hydrogens is 346 g/mol. The molecule has 1 fully saturated rings. The fourth-order valence-corrected chi connectivity index (χ4v) is 4.07. The first kappa shape index (κ1) is 21.1. The number of aryl methyl sites for hydroxylation is 2. The number of hydrogen-bond acceptors (Lipinski definition) is 5. The highest BCUT2D eigenvalue weighted by molar-refractivity contribution is 7.09. The Morgan fingerprint density at radius 3 is 2.73 bits per heavy atom. The Morgan fingerprint density at radius 1 is 1.35 bits per heavy atom. The van der Waals surface area contributed by atoms with Crippen molar-refractivity contribution in [2.24, 2.45) is 10.9 Å². The van der Waals surface area contributed by atoms with Crippen LogP contribution in [-0.4, -0.2) is 68.3 Å². The number of thiazole rings is 1. The van der Waals surface area contributed by atoms with Gasteiger partial charge in [-0.1, -0.05) is 13.8 Å². The zero-order valence-corrected chi connectivity index (χ0v) is 17.6. The zero-order valence-electron chi connectivity index (χ0n) is 16.8. The van der Waals surface area contributed by atoms with Gasteiger partial charge in [-0.15, -0.1) is 11.3 Å². The molecule has 0 aromatic carbocycles. The number of ether oxygens (including phenoxy) is 1. The van der Waals surface area contributed by atoms with Crippen LogP contribution in [0.1, 0.15) is 37.4 Å². The molecule has 0 aliphatic carbocycles. The SMILES string of the molecule is CN=C(NCCCc1nc(C)cs1)NCC(CC(C)C)N1CCOCC1. The van der Waals surface area contributed by atoms with Crippen molar-refractivity contribution in [1.29, 1.82) is 0 Å². The number of hydrogen-bond donors (Lipinski definition) is 2. The second kappa shape index (κ2) is 11.5. The van der Waals surface area contributed by atoms with Crippen LogP contribution in [0.5, 0.6) is 0 Å². The molecule has 0 saturated carbocycles. The van der Waals surface area contributed by atoms with Crippen molar-refractivity contribution in [2.45, 2.75) is 46.1 Å². The van der Waals surface area contributed by atoms with E-state index in [1.54, 1.807) is 11.3 Å². The number of rotatable bonds is 9. The normalized spacial score (nSPS) is 17.5. The Kier molecular flexibility index (Phi) is 9.36. The number of aromatic nitrogens is 1. The average molecular weight is 382 g/mol. The summed E-state index contributed by atoms with van der Waals surface area (Å²) >= 11 is 1.75. The lowest BCUT2D eigenvalue weighted by Crippen LogP contribution is -2.51. The van der Waals surface area contributed by atoms with E-state index in [2.05, 4.69) is 44.7 Å². The van der Waals surface area contributed by atoms with E-state index in [-0.39, 0.29) is 0 Å². The zero-order chi connectivity index (χ0) is 18.8. The number of morpholine rings is 1. The van der Waals surface area contributed by atoms with E-state index < -0.39 is 0 Å². The largest absolute Gasteiger partial charge is 0.379 e. The maximum atomic E-state index is 5.50. The Balaban J connectivity index is 1.72. The summed E-state index contributed by atoms with van der Waals surface area (Å²) in [5, 5.41) is 10.3. The molecule has 0 bridgehead atoms. The quantitative estimate of drug-likeness (QED) is 0.390. The minimum Gasteiger partial charge on any atom is -0.379 e. The summed E-state index contributed by atoms with van der Waals surface area (Å²) in [5.74, 6) is 1.57. The number of nitrogens with one attached hydrogen (secondary N) is 2. The van der Waals surface area contributed by atoms with Crippen molar-refractivity contribution in [2.75, 3.05) is 46.4 Å². The molecule has 1 aromatic heterocycles. The molecule has 1 saturated heterocycles. The van der Waals surface area contributed by atoms with Crippen LogP contribution in [0.15, 0.2) is 10.4 Å². The standard InChI is InChI=1S/C19H35N5OS/c1-15(2)12-17(24-8-10-25-11-9-24)13-22-19(20-4)21-7-5-6-18-23-16(3)14-26-18/h14-15,17H,5-13H2,1-4H3,(H2,20,21,22). The smallest absolute Gasteiger partial charge is 0.191 e. The molecular formula is C19H35N5OS. The van der Waals surface area contributed by atoms with Gasteiger partial charge in [0.2, 0.25) is 0 Å². The van der Waals surface area contributed by atoms with Crippen LogP contribution in [0.2, 0.25) is 0 Å². The molecule has 148 valence electrons. The summed E-state index contributed by atoms with van der Waals surface area (Å²) < 4.78 is 5.50. The third-order valence-electron chi connectivity index (χ3n) is 4.56. The van der Waals surface area contributed by atoms with Crippen LogP contribution in [0.4, 0.5) is 0 Å². The van der Waals surface area contributed by atoms with Gasteiger partial charge in [0.25, 0.3) is 0 Å². The van der Waals surface area contributed by atoms with E-state index in [1.165, 1.54) is 11.4 Å². The van der Waals surface area contributed by atoms with Gasteiger partial charge < -0.3 is 15.4 Å². The molecule has 7 heteroatoms. The second-order valence-corrected chi connectivity index (χ2v) is 8.24. The molecule has 1 atom stereocenters. The summed E-state index contributed by atoms with van der Waals surface area (Å²) in [5.41, 5.74) is 1.12. The fourth-order valence-electron chi connectivity index (χ4n) is 3.25. The van der Waals surface area contributed by atoms with Crippen molar-refractivity contribution in [3.8, 4) is 0 Å². The Morgan fingerprint density at radius 2 is 2.12 bits per heavy atom. The summed E-state index contributed by atoms with van der Waals surface area (Å²) in [4.78, 5) is 11.4. The van der Waals surface area contributed by atoms with Crippen LogP contribution in [0, 0.1) is 12.8 Å². The van der Waals surface area contributed by atoms with Gasteiger partial charge in [-0.25, -0.2) is 4.98 Å². The van der Waals surface area contributed by atoms with Gasteiger partial charge >= 0.3 is 0 Å². The minimum atomic E-state index is 0.524. The van der Waals surface area contributed by atoms with Crippen LogP contribution in [0.3, 0.4) is 0 Å². The first-order valence-electron chi connectivity index (χ1n) is 9.75. The first-order valence-corrected chi connectivity index (χ1v) is 10.6. The van der Waals surface area contributed by atoms with Crippen molar-refractivity contribution < 1.29 is 4.74 Å². The summed E-state index contributed by atoms with van der Waals surface area (Å²) in [6, 6.07) is 0.524. The predicted octanol–water partition coefficient (Wildman–Crippen LogP) is 2.30. The molecule has 1 unspecified atom stereocenters. The molecule has 0 radical (unpaired) electrons. The van der Waals surface area contributed by atoms with E-state index >= 15 is 0 Å². The van der Waals surface area contributed by atoms with Gasteiger partial charge in [-0.05, 0) is 25.7 Å². The van der Waals surface area contributed by atoms with E-state index in [0.717, 1.165) is 63.9 Å². The molecule has 6 nitrogen and oxygen atoms in total. The Labute approximate surface area is 162 Å². The van der Waals surface area contributed by atoms with E-state index in [1.807, 2.05) is 14.0 Å². The number of nitrogens with zero attached hydrogens (tertiary/aromatic N) is 3. The van der Waals surface area contributed by atoms with Gasteiger partial charge in [0, 0.05) is 56.8 Å². The van der Waals surface area contributed by atoms with Gasteiger partial charge in [0.15, 0.2) is 5.96 Å². The molecule has 1 aliphatic rings. The highest BCUT2D eigenvalue weighted by Crippen LogP contribution is 2.13. The van der Waals surface area contributed by atoms with Crippen molar-refractivity contribution in [3.05, 3.63) is 16.1 Å². The topological polar surface area (TPSA) is 61.8 Å².